The number of hydrogen-bond acceptors (Lipinski definition) is 8. The number of carbonyl (C=O) groups is 1. The second-order valence-corrected chi connectivity index (χ2v) is 14.5. The largest absolute Gasteiger partial charge is 0.357 e. The first-order valence-electron chi connectivity index (χ1n) is 13.6. The number of benzene rings is 1. The number of nitrogens with zero attached hydrogens (tertiary/aromatic N) is 4. The minimum absolute atomic E-state index is 0.0459. The van der Waals surface area contributed by atoms with Crippen LogP contribution in [-0.2, 0) is 27.6 Å². The monoisotopic (exact) mass is 596 g/mol. The highest BCUT2D eigenvalue weighted by Gasteiger charge is 2.42. The predicted octanol–water partition coefficient (Wildman–Crippen LogP) is 3.90. The zero-order valence-electron chi connectivity index (χ0n) is 22.6. The van der Waals surface area contributed by atoms with Crippen molar-refractivity contribution < 1.29 is 13.2 Å². The SMILES string of the molecule is CCn1c(N2CCC(Cc3ccccc3)CC2)c(C=C2SC(=S)N(C3CCS(=O)(=O)C3)C2=O)c(C)c(C#N)c1=O. The van der Waals surface area contributed by atoms with E-state index in [4.69, 9.17) is 12.2 Å². The molecule has 3 aliphatic heterocycles. The van der Waals surface area contributed by atoms with E-state index in [9.17, 15) is 23.3 Å². The van der Waals surface area contributed by atoms with Crippen LogP contribution in [-0.4, -0.2) is 58.7 Å². The maximum Gasteiger partial charge on any atom is 0.270 e. The first-order chi connectivity index (χ1) is 19.1. The Hall–Kier alpha value is -2.94. The Morgan fingerprint density at radius 3 is 2.45 bits per heavy atom. The molecule has 0 radical (unpaired) electrons. The number of aromatic nitrogens is 1. The molecule has 1 unspecified atom stereocenters. The first-order valence-corrected chi connectivity index (χ1v) is 16.6. The van der Waals surface area contributed by atoms with E-state index in [1.807, 2.05) is 13.0 Å². The van der Waals surface area contributed by atoms with Gasteiger partial charge in [0.2, 0.25) is 0 Å². The van der Waals surface area contributed by atoms with Crippen LogP contribution in [0.5, 0.6) is 0 Å². The molecule has 2 aromatic rings. The summed E-state index contributed by atoms with van der Waals surface area (Å²) in [5, 5.41) is 9.85. The van der Waals surface area contributed by atoms with E-state index in [1.54, 1.807) is 17.6 Å². The average Bonchev–Trinajstić information content (AvgIpc) is 3.43. The van der Waals surface area contributed by atoms with Crippen molar-refractivity contribution in [2.24, 2.45) is 5.92 Å². The van der Waals surface area contributed by atoms with Gasteiger partial charge in [0.05, 0.1) is 22.5 Å². The second-order valence-electron chi connectivity index (χ2n) is 10.6. The molecular weight excluding hydrogens is 565 g/mol. The first kappa shape index (κ1) is 28.6. The van der Waals surface area contributed by atoms with Crippen molar-refractivity contribution in [1.82, 2.24) is 9.47 Å². The van der Waals surface area contributed by atoms with E-state index >= 15 is 0 Å². The topological polar surface area (TPSA) is 103 Å². The molecule has 0 saturated carbocycles. The van der Waals surface area contributed by atoms with E-state index in [1.165, 1.54) is 10.5 Å². The van der Waals surface area contributed by atoms with Gasteiger partial charge >= 0.3 is 0 Å². The molecule has 3 aliphatic rings. The van der Waals surface area contributed by atoms with E-state index in [0.29, 0.717) is 39.2 Å². The summed E-state index contributed by atoms with van der Waals surface area (Å²) >= 11 is 6.66. The lowest BCUT2D eigenvalue weighted by molar-refractivity contribution is -0.123. The number of sulfone groups is 1. The summed E-state index contributed by atoms with van der Waals surface area (Å²) in [5.41, 5.74) is 2.25. The van der Waals surface area contributed by atoms with Crippen molar-refractivity contribution in [2.75, 3.05) is 29.5 Å². The van der Waals surface area contributed by atoms with Crippen LogP contribution in [0.15, 0.2) is 40.0 Å². The molecule has 40 heavy (non-hydrogen) atoms. The lowest BCUT2D eigenvalue weighted by Crippen LogP contribution is -2.40. The molecule has 3 fully saturated rings. The smallest absolute Gasteiger partial charge is 0.270 e. The molecule has 5 rings (SSSR count). The lowest BCUT2D eigenvalue weighted by Gasteiger charge is -2.36. The summed E-state index contributed by atoms with van der Waals surface area (Å²) < 4.78 is 26.1. The molecule has 0 aliphatic carbocycles. The average molecular weight is 597 g/mol. The molecule has 1 aromatic carbocycles. The quantitative estimate of drug-likeness (QED) is 0.366. The second kappa shape index (κ2) is 11.5. The van der Waals surface area contributed by atoms with Crippen LogP contribution < -0.4 is 10.5 Å². The third kappa shape index (κ3) is 5.49. The van der Waals surface area contributed by atoms with Gasteiger partial charge in [0.25, 0.3) is 11.5 Å². The number of nitriles is 1. The molecule has 1 amide bonds. The number of amides is 1. The van der Waals surface area contributed by atoms with Crippen LogP contribution in [0.1, 0.15) is 48.4 Å². The highest BCUT2D eigenvalue weighted by atomic mass is 32.2. The zero-order chi connectivity index (χ0) is 28.6. The molecule has 0 bridgehead atoms. The molecule has 3 saturated heterocycles. The summed E-state index contributed by atoms with van der Waals surface area (Å²) in [5.74, 6) is 0.883. The van der Waals surface area contributed by atoms with E-state index in [-0.39, 0.29) is 28.5 Å². The van der Waals surface area contributed by atoms with Gasteiger partial charge in [0.15, 0.2) is 9.84 Å². The van der Waals surface area contributed by atoms with Gasteiger partial charge in [-0.05, 0) is 62.7 Å². The molecule has 1 aromatic heterocycles. The fourth-order valence-electron chi connectivity index (χ4n) is 5.98. The molecule has 8 nitrogen and oxygen atoms in total. The summed E-state index contributed by atoms with van der Waals surface area (Å²) in [4.78, 5) is 30.9. The molecular formula is C29H32N4O4S3. The number of thioether (sulfide) groups is 1. The third-order valence-electron chi connectivity index (χ3n) is 8.12. The number of rotatable bonds is 6. The highest BCUT2D eigenvalue weighted by molar-refractivity contribution is 8.26. The Balaban J connectivity index is 1.49. The number of anilines is 1. The summed E-state index contributed by atoms with van der Waals surface area (Å²) in [7, 11) is -3.19. The van der Waals surface area contributed by atoms with Gasteiger partial charge < -0.3 is 4.90 Å². The molecule has 1 atom stereocenters. The molecule has 11 heteroatoms. The number of carbonyl (C=O) groups excluding carboxylic acids is 1. The van der Waals surface area contributed by atoms with Gasteiger partial charge in [0.1, 0.15) is 21.8 Å². The van der Waals surface area contributed by atoms with Crippen molar-refractivity contribution in [3.05, 3.63) is 67.8 Å². The lowest BCUT2D eigenvalue weighted by atomic mass is 9.90. The Bertz CT molecular complexity index is 1580. The van der Waals surface area contributed by atoms with Crippen LogP contribution in [0, 0.1) is 24.2 Å². The number of piperidine rings is 1. The maximum atomic E-state index is 13.5. The van der Waals surface area contributed by atoms with E-state index < -0.39 is 15.9 Å². The summed E-state index contributed by atoms with van der Waals surface area (Å²) in [6, 6.07) is 12.1. The van der Waals surface area contributed by atoms with Gasteiger partial charge in [-0.1, -0.05) is 54.3 Å². The van der Waals surface area contributed by atoms with Gasteiger partial charge in [-0.15, -0.1) is 0 Å². The Morgan fingerprint density at radius 2 is 1.85 bits per heavy atom. The summed E-state index contributed by atoms with van der Waals surface area (Å²) in [6.45, 7) is 5.53. The van der Waals surface area contributed by atoms with Gasteiger partial charge in [0, 0.05) is 25.2 Å². The van der Waals surface area contributed by atoms with Crippen molar-refractivity contribution in [3.63, 3.8) is 0 Å². The minimum atomic E-state index is -3.19. The van der Waals surface area contributed by atoms with Gasteiger partial charge in [-0.3, -0.25) is 19.1 Å². The number of thiocarbonyl (C=S) groups is 1. The fourth-order valence-corrected chi connectivity index (χ4v) is 9.06. The fraction of sp³-hybridized carbons (Fsp3) is 0.448. The highest BCUT2D eigenvalue weighted by Crippen LogP contribution is 2.39. The van der Waals surface area contributed by atoms with Gasteiger partial charge in [-0.25, -0.2) is 8.42 Å². The van der Waals surface area contributed by atoms with Crippen molar-refractivity contribution in [3.8, 4) is 6.07 Å². The minimum Gasteiger partial charge on any atom is -0.357 e. The normalized spacial score (nSPS) is 22.3. The van der Waals surface area contributed by atoms with E-state index in [2.05, 4.69) is 35.2 Å². The van der Waals surface area contributed by atoms with Crippen LogP contribution in [0.4, 0.5) is 5.82 Å². The Morgan fingerprint density at radius 1 is 1.15 bits per heavy atom. The predicted molar refractivity (Wildman–Crippen MR) is 163 cm³/mol. The van der Waals surface area contributed by atoms with E-state index in [0.717, 1.165) is 49.9 Å². The molecule has 0 N–H and O–H groups in total. The Kier molecular flexibility index (Phi) is 8.22. The maximum absolute atomic E-state index is 13.5. The summed E-state index contributed by atoms with van der Waals surface area (Å²) in [6.07, 6.45) is 5.04. The zero-order valence-corrected chi connectivity index (χ0v) is 25.1. The van der Waals surface area contributed by atoms with Crippen LogP contribution >= 0.6 is 24.0 Å². The molecule has 4 heterocycles. The number of hydrogen-bond donors (Lipinski definition) is 0. The van der Waals surface area contributed by atoms with Crippen molar-refractivity contribution in [1.29, 1.82) is 5.26 Å². The molecule has 0 spiro atoms. The Labute approximate surface area is 244 Å². The van der Waals surface area contributed by atoms with Crippen LogP contribution in [0.25, 0.3) is 6.08 Å². The standard InChI is InChI=1S/C29H32N4O4S3/c1-3-32-26(31-12-9-21(10-13-31)15-20-7-5-4-6-8-20)23(19(2)24(17-30)27(32)34)16-25-28(35)33(29(38)39-25)22-11-14-40(36,37)18-22/h4-8,16,21-22H,3,9-15,18H2,1-2H3. The van der Waals surface area contributed by atoms with Crippen LogP contribution in [0.3, 0.4) is 0 Å². The third-order valence-corrected chi connectivity index (χ3v) is 11.2. The van der Waals surface area contributed by atoms with Crippen molar-refractivity contribution >= 4 is 55.9 Å². The van der Waals surface area contributed by atoms with Crippen molar-refractivity contribution in [2.45, 2.75) is 52.1 Å². The number of pyridine rings is 1. The van der Waals surface area contributed by atoms with Crippen LogP contribution in [0.2, 0.25) is 0 Å². The van der Waals surface area contributed by atoms with Gasteiger partial charge in [-0.2, -0.15) is 5.26 Å². The molecule has 210 valence electrons.